The van der Waals surface area contributed by atoms with Crippen molar-refractivity contribution in [3.05, 3.63) is 35.1 Å². The second-order valence-corrected chi connectivity index (χ2v) is 3.35. The first-order valence-corrected chi connectivity index (χ1v) is 4.79. The van der Waals surface area contributed by atoms with E-state index in [1.54, 1.807) is 13.0 Å². The molecule has 0 heterocycles. The number of carbonyl (C=O) groups is 1. The molecule has 4 heteroatoms. The molecule has 0 spiro atoms. The fourth-order valence-corrected chi connectivity index (χ4v) is 1.25. The van der Waals surface area contributed by atoms with Crippen LogP contribution in [0, 0.1) is 12.7 Å². The number of aliphatic hydroxyl groups excluding tert-OH is 1. The molecule has 0 saturated carbocycles. The molecule has 0 radical (unpaired) electrons. The number of rotatable bonds is 4. The zero-order chi connectivity index (χ0) is 11.3. The molecule has 1 rings (SSSR count). The van der Waals surface area contributed by atoms with Gasteiger partial charge in [-0.25, -0.2) is 4.39 Å². The average molecular weight is 211 g/mol. The number of halogens is 1. The Morgan fingerprint density at radius 2 is 2.20 bits per heavy atom. The van der Waals surface area contributed by atoms with Crippen molar-refractivity contribution in [1.82, 2.24) is 5.32 Å². The summed E-state index contributed by atoms with van der Waals surface area (Å²) in [7, 11) is 0. The van der Waals surface area contributed by atoms with Gasteiger partial charge in [0.05, 0.1) is 0 Å². The van der Waals surface area contributed by atoms with Gasteiger partial charge in [0.15, 0.2) is 0 Å². The quantitative estimate of drug-likeness (QED) is 0.736. The van der Waals surface area contributed by atoms with E-state index in [4.69, 9.17) is 5.11 Å². The second kappa shape index (κ2) is 5.46. The van der Waals surface area contributed by atoms with Crippen LogP contribution in [0.1, 0.15) is 22.3 Å². The standard InChI is InChI=1S/C11H14FNO2/c1-8-5-9(7-10(12)6-8)11(15)13-3-2-4-14/h5-7,14H,2-4H2,1H3,(H,13,15). The highest BCUT2D eigenvalue weighted by atomic mass is 19.1. The summed E-state index contributed by atoms with van der Waals surface area (Å²) in [5.74, 6) is -0.728. The van der Waals surface area contributed by atoms with Crippen molar-refractivity contribution in [2.24, 2.45) is 0 Å². The molecule has 15 heavy (non-hydrogen) atoms. The Morgan fingerprint density at radius 1 is 1.47 bits per heavy atom. The number of aliphatic hydroxyl groups is 1. The summed E-state index contributed by atoms with van der Waals surface area (Å²) < 4.78 is 13.0. The second-order valence-electron chi connectivity index (χ2n) is 3.35. The normalized spacial score (nSPS) is 10.1. The molecular weight excluding hydrogens is 197 g/mol. The molecule has 0 bridgehead atoms. The van der Waals surface area contributed by atoms with Crippen LogP contribution < -0.4 is 5.32 Å². The first-order chi connectivity index (χ1) is 7.13. The molecule has 0 atom stereocenters. The predicted molar refractivity (Wildman–Crippen MR) is 55.2 cm³/mol. The van der Waals surface area contributed by atoms with Gasteiger partial charge in [-0.3, -0.25) is 4.79 Å². The maximum Gasteiger partial charge on any atom is 0.251 e. The zero-order valence-electron chi connectivity index (χ0n) is 8.59. The number of amides is 1. The van der Waals surface area contributed by atoms with Crippen molar-refractivity contribution in [2.45, 2.75) is 13.3 Å². The first kappa shape index (κ1) is 11.7. The lowest BCUT2D eigenvalue weighted by Gasteiger charge is -2.05. The van der Waals surface area contributed by atoms with Crippen LogP contribution in [0.3, 0.4) is 0 Å². The van der Waals surface area contributed by atoms with Crippen LogP contribution in [0.15, 0.2) is 18.2 Å². The first-order valence-electron chi connectivity index (χ1n) is 4.79. The third-order valence-electron chi connectivity index (χ3n) is 1.92. The molecule has 3 nitrogen and oxygen atoms in total. The van der Waals surface area contributed by atoms with Crippen LogP contribution >= 0.6 is 0 Å². The maximum atomic E-state index is 13.0. The molecule has 0 saturated heterocycles. The summed E-state index contributed by atoms with van der Waals surface area (Å²) in [6, 6.07) is 4.18. The Kier molecular flexibility index (Phi) is 4.24. The fourth-order valence-electron chi connectivity index (χ4n) is 1.25. The van der Waals surface area contributed by atoms with Gasteiger partial charge in [-0.05, 0) is 37.1 Å². The molecule has 0 unspecified atom stereocenters. The zero-order valence-corrected chi connectivity index (χ0v) is 8.59. The molecule has 0 aromatic heterocycles. The summed E-state index contributed by atoms with van der Waals surface area (Å²) in [5.41, 5.74) is 1.02. The molecule has 0 fully saturated rings. The number of aryl methyl sites for hydroxylation is 1. The van der Waals surface area contributed by atoms with Gasteiger partial charge in [0.2, 0.25) is 0 Å². The Balaban J connectivity index is 2.65. The van der Waals surface area contributed by atoms with E-state index in [1.165, 1.54) is 12.1 Å². The molecular formula is C11H14FNO2. The molecule has 82 valence electrons. The number of hydrogen-bond donors (Lipinski definition) is 2. The van der Waals surface area contributed by atoms with Crippen LogP contribution in [0.4, 0.5) is 4.39 Å². The lowest BCUT2D eigenvalue weighted by molar-refractivity contribution is 0.0950. The highest BCUT2D eigenvalue weighted by molar-refractivity contribution is 5.94. The van der Waals surface area contributed by atoms with Gasteiger partial charge >= 0.3 is 0 Å². The van der Waals surface area contributed by atoms with Gasteiger partial charge in [0, 0.05) is 18.7 Å². The highest BCUT2D eigenvalue weighted by Gasteiger charge is 2.06. The van der Waals surface area contributed by atoms with Crippen LogP contribution in [0.5, 0.6) is 0 Å². The topological polar surface area (TPSA) is 49.3 Å². The summed E-state index contributed by atoms with van der Waals surface area (Å²) in [5, 5.41) is 11.1. The van der Waals surface area contributed by atoms with Crippen LogP contribution in [-0.2, 0) is 0 Å². The Labute approximate surface area is 87.9 Å². The van der Waals surface area contributed by atoms with E-state index in [2.05, 4.69) is 5.32 Å². The van der Waals surface area contributed by atoms with Gasteiger partial charge < -0.3 is 10.4 Å². The van der Waals surface area contributed by atoms with Crippen molar-refractivity contribution < 1.29 is 14.3 Å². The smallest absolute Gasteiger partial charge is 0.251 e. The molecule has 1 amide bonds. The van der Waals surface area contributed by atoms with E-state index in [-0.39, 0.29) is 12.5 Å². The third-order valence-corrected chi connectivity index (χ3v) is 1.92. The van der Waals surface area contributed by atoms with Gasteiger partial charge in [-0.1, -0.05) is 0 Å². The number of nitrogens with one attached hydrogen (secondary N) is 1. The van der Waals surface area contributed by atoms with E-state index in [0.29, 0.717) is 24.1 Å². The van der Waals surface area contributed by atoms with Crippen molar-refractivity contribution in [2.75, 3.05) is 13.2 Å². The SMILES string of the molecule is Cc1cc(F)cc(C(=O)NCCCO)c1. The molecule has 0 aliphatic rings. The minimum Gasteiger partial charge on any atom is -0.396 e. The Hall–Kier alpha value is -1.42. The minimum absolute atomic E-state index is 0.0302. The predicted octanol–water partition coefficient (Wildman–Crippen LogP) is 1.25. The van der Waals surface area contributed by atoms with Crippen LogP contribution in [0.25, 0.3) is 0 Å². The van der Waals surface area contributed by atoms with Gasteiger partial charge in [0.1, 0.15) is 5.82 Å². The Bertz CT molecular complexity index is 332. The van der Waals surface area contributed by atoms with Gasteiger partial charge in [-0.15, -0.1) is 0 Å². The molecule has 0 aliphatic carbocycles. The van der Waals surface area contributed by atoms with Crippen molar-refractivity contribution in [1.29, 1.82) is 0 Å². The summed E-state index contributed by atoms with van der Waals surface area (Å²) >= 11 is 0. The fraction of sp³-hybridized carbons (Fsp3) is 0.364. The van der Waals surface area contributed by atoms with Crippen LogP contribution in [0.2, 0.25) is 0 Å². The number of hydrogen-bond acceptors (Lipinski definition) is 2. The van der Waals surface area contributed by atoms with E-state index >= 15 is 0 Å². The van der Waals surface area contributed by atoms with E-state index in [0.717, 1.165) is 0 Å². The summed E-state index contributed by atoms with van der Waals surface area (Å²) in [6.45, 7) is 2.15. The molecule has 2 N–H and O–H groups in total. The number of carbonyl (C=O) groups excluding carboxylic acids is 1. The van der Waals surface area contributed by atoms with Gasteiger partial charge in [-0.2, -0.15) is 0 Å². The molecule has 0 aliphatic heterocycles. The van der Waals surface area contributed by atoms with Gasteiger partial charge in [0.25, 0.3) is 5.91 Å². The van der Waals surface area contributed by atoms with Crippen molar-refractivity contribution >= 4 is 5.91 Å². The Morgan fingerprint density at radius 3 is 2.80 bits per heavy atom. The molecule has 1 aromatic carbocycles. The minimum atomic E-state index is -0.415. The van der Waals surface area contributed by atoms with E-state index < -0.39 is 5.82 Å². The maximum absolute atomic E-state index is 13.0. The largest absolute Gasteiger partial charge is 0.396 e. The lowest BCUT2D eigenvalue weighted by Crippen LogP contribution is -2.25. The number of benzene rings is 1. The van der Waals surface area contributed by atoms with Crippen molar-refractivity contribution in [3.8, 4) is 0 Å². The molecule has 1 aromatic rings. The summed E-state index contributed by atoms with van der Waals surface area (Å²) in [4.78, 5) is 11.5. The van der Waals surface area contributed by atoms with Crippen molar-refractivity contribution in [3.63, 3.8) is 0 Å². The third kappa shape index (κ3) is 3.67. The van der Waals surface area contributed by atoms with E-state index in [9.17, 15) is 9.18 Å². The summed E-state index contributed by atoms with van der Waals surface area (Å²) in [6.07, 6.45) is 0.500. The van der Waals surface area contributed by atoms with Crippen LogP contribution in [-0.4, -0.2) is 24.2 Å². The highest BCUT2D eigenvalue weighted by Crippen LogP contribution is 2.07. The lowest BCUT2D eigenvalue weighted by atomic mass is 10.1. The monoisotopic (exact) mass is 211 g/mol. The van der Waals surface area contributed by atoms with E-state index in [1.807, 2.05) is 0 Å². The average Bonchev–Trinajstić information content (AvgIpc) is 2.16.